The second-order valence-electron chi connectivity index (χ2n) is 7.73. The molecule has 1 N–H and O–H groups in total. The zero-order valence-corrected chi connectivity index (χ0v) is 16.5. The second-order valence-corrected chi connectivity index (χ2v) is 7.73. The van der Waals surface area contributed by atoms with E-state index in [0.29, 0.717) is 24.1 Å². The molecule has 2 atom stereocenters. The fraction of sp³-hybridized carbons (Fsp3) is 0.348. The Morgan fingerprint density at radius 2 is 1.43 bits per heavy atom. The molecule has 2 aromatic rings. The molecular weight excluding hydrogens is 352 g/mol. The fourth-order valence-electron chi connectivity index (χ4n) is 3.54. The maximum absolute atomic E-state index is 13.0. The van der Waals surface area contributed by atoms with E-state index >= 15 is 0 Å². The van der Waals surface area contributed by atoms with Crippen molar-refractivity contribution in [3.05, 3.63) is 71.3 Å². The van der Waals surface area contributed by atoms with Crippen LogP contribution in [-0.2, 0) is 4.79 Å². The van der Waals surface area contributed by atoms with Crippen molar-refractivity contribution in [1.29, 1.82) is 0 Å². The zero-order chi connectivity index (χ0) is 20.3. The highest BCUT2D eigenvalue weighted by molar-refractivity contribution is 6.22. The molecule has 1 aliphatic rings. The van der Waals surface area contributed by atoms with Gasteiger partial charge in [0.05, 0.1) is 11.1 Å². The van der Waals surface area contributed by atoms with Gasteiger partial charge in [0.2, 0.25) is 5.91 Å². The molecule has 5 nitrogen and oxygen atoms in total. The topological polar surface area (TPSA) is 66.5 Å². The van der Waals surface area contributed by atoms with Gasteiger partial charge in [0.1, 0.15) is 6.04 Å². The maximum atomic E-state index is 13.0. The molecule has 0 fully saturated rings. The molecule has 0 spiro atoms. The van der Waals surface area contributed by atoms with E-state index in [1.165, 1.54) is 0 Å². The average molecular weight is 378 g/mol. The Labute approximate surface area is 165 Å². The van der Waals surface area contributed by atoms with Gasteiger partial charge in [-0.15, -0.1) is 0 Å². The smallest absolute Gasteiger partial charge is 0.262 e. The Morgan fingerprint density at radius 1 is 0.893 bits per heavy atom. The first-order valence-corrected chi connectivity index (χ1v) is 9.69. The normalized spacial score (nSPS) is 15.5. The van der Waals surface area contributed by atoms with Crippen LogP contribution in [0.15, 0.2) is 54.6 Å². The Morgan fingerprint density at radius 3 is 1.96 bits per heavy atom. The van der Waals surface area contributed by atoms with Crippen molar-refractivity contribution < 1.29 is 14.4 Å². The van der Waals surface area contributed by atoms with Gasteiger partial charge in [-0.2, -0.15) is 0 Å². The lowest BCUT2D eigenvalue weighted by molar-refractivity contribution is -0.125. The predicted molar refractivity (Wildman–Crippen MR) is 108 cm³/mol. The van der Waals surface area contributed by atoms with Crippen molar-refractivity contribution in [2.45, 2.75) is 39.2 Å². The molecule has 0 saturated carbocycles. The van der Waals surface area contributed by atoms with Crippen LogP contribution in [0, 0.1) is 5.92 Å². The minimum atomic E-state index is -0.810. The summed E-state index contributed by atoms with van der Waals surface area (Å²) in [4.78, 5) is 39.8. The Balaban J connectivity index is 1.76. The van der Waals surface area contributed by atoms with Gasteiger partial charge in [-0.3, -0.25) is 19.3 Å². The van der Waals surface area contributed by atoms with Crippen LogP contribution >= 0.6 is 0 Å². The van der Waals surface area contributed by atoms with Crippen molar-refractivity contribution in [2.24, 2.45) is 5.92 Å². The fourth-order valence-corrected chi connectivity index (χ4v) is 3.54. The summed E-state index contributed by atoms with van der Waals surface area (Å²) >= 11 is 0. The molecule has 28 heavy (non-hydrogen) atoms. The number of rotatable bonds is 7. The van der Waals surface area contributed by atoms with Gasteiger partial charge in [0.15, 0.2) is 0 Å². The summed E-state index contributed by atoms with van der Waals surface area (Å²) in [5.41, 5.74) is 1.86. The molecule has 1 heterocycles. The van der Waals surface area contributed by atoms with Crippen LogP contribution in [0.2, 0.25) is 0 Å². The molecule has 146 valence electrons. The molecule has 1 aliphatic heterocycles. The van der Waals surface area contributed by atoms with E-state index in [-0.39, 0.29) is 17.7 Å². The number of carbonyl (C=O) groups is 3. The molecule has 3 rings (SSSR count). The summed E-state index contributed by atoms with van der Waals surface area (Å²) < 4.78 is 0. The zero-order valence-electron chi connectivity index (χ0n) is 16.5. The molecule has 0 aliphatic carbocycles. The minimum absolute atomic E-state index is 0.132. The molecule has 0 bridgehead atoms. The summed E-state index contributed by atoms with van der Waals surface area (Å²) in [5, 5.41) is 2.95. The summed E-state index contributed by atoms with van der Waals surface area (Å²) in [6.07, 6.45) is 0.428. The summed E-state index contributed by atoms with van der Waals surface area (Å²) in [7, 11) is 0. The molecular formula is C23H26N2O3. The van der Waals surface area contributed by atoms with E-state index in [0.717, 1.165) is 10.5 Å². The molecule has 0 saturated heterocycles. The third-order valence-electron chi connectivity index (χ3n) is 5.09. The molecule has 5 heteroatoms. The van der Waals surface area contributed by atoms with Crippen LogP contribution in [0.25, 0.3) is 0 Å². The Kier molecular flexibility index (Phi) is 5.93. The highest BCUT2D eigenvalue weighted by Crippen LogP contribution is 2.27. The van der Waals surface area contributed by atoms with Gasteiger partial charge >= 0.3 is 0 Å². The van der Waals surface area contributed by atoms with Crippen LogP contribution in [0.4, 0.5) is 0 Å². The average Bonchev–Trinajstić information content (AvgIpc) is 2.95. The number of nitrogens with one attached hydrogen (secondary N) is 1. The van der Waals surface area contributed by atoms with Crippen molar-refractivity contribution in [3.63, 3.8) is 0 Å². The monoisotopic (exact) mass is 378 g/mol. The minimum Gasteiger partial charge on any atom is -0.354 e. The number of hydrogen-bond acceptors (Lipinski definition) is 3. The number of nitrogens with zero attached hydrogens (tertiary/aromatic N) is 1. The number of amides is 3. The van der Waals surface area contributed by atoms with Crippen LogP contribution in [-0.4, -0.2) is 35.2 Å². The number of fused-ring (bicyclic) bond motifs is 1. The van der Waals surface area contributed by atoms with Crippen molar-refractivity contribution in [2.75, 3.05) is 6.54 Å². The highest BCUT2D eigenvalue weighted by Gasteiger charge is 2.42. The van der Waals surface area contributed by atoms with Crippen molar-refractivity contribution >= 4 is 17.7 Å². The van der Waals surface area contributed by atoms with E-state index < -0.39 is 17.9 Å². The lowest BCUT2D eigenvalue weighted by atomic mass is 9.99. The second kappa shape index (κ2) is 8.38. The van der Waals surface area contributed by atoms with E-state index in [4.69, 9.17) is 0 Å². The third kappa shape index (κ3) is 3.98. The summed E-state index contributed by atoms with van der Waals surface area (Å²) in [6, 6.07) is 15.8. The summed E-state index contributed by atoms with van der Waals surface area (Å²) in [6.45, 7) is 6.44. The number of hydrogen-bond donors (Lipinski definition) is 1. The number of carbonyl (C=O) groups excluding carboxylic acids is 3. The van der Waals surface area contributed by atoms with E-state index in [1.54, 1.807) is 24.3 Å². The van der Waals surface area contributed by atoms with E-state index in [1.807, 2.05) is 51.1 Å². The van der Waals surface area contributed by atoms with Crippen LogP contribution in [0.1, 0.15) is 59.4 Å². The van der Waals surface area contributed by atoms with Gasteiger partial charge in [-0.25, -0.2) is 0 Å². The number of benzene rings is 2. The quantitative estimate of drug-likeness (QED) is 0.749. The molecule has 2 aromatic carbocycles. The van der Waals surface area contributed by atoms with Crippen molar-refractivity contribution in [1.82, 2.24) is 10.2 Å². The highest BCUT2D eigenvalue weighted by atomic mass is 16.2. The van der Waals surface area contributed by atoms with Gasteiger partial charge in [-0.1, -0.05) is 63.2 Å². The standard InChI is InChI=1S/C23H26N2O3/c1-15(2)13-20(21(26)24-14-16(3)17-9-5-4-6-10-17)25-22(27)18-11-7-8-12-19(18)23(25)28/h4-12,15-16,20H,13-14H2,1-3H3,(H,24,26). The Bertz CT molecular complexity index is 841. The summed E-state index contributed by atoms with van der Waals surface area (Å²) in [5.74, 6) is -0.778. The largest absolute Gasteiger partial charge is 0.354 e. The predicted octanol–water partition coefficient (Wildman–Crippen LogP) is 3.62. The number of imide groups is 1. The maximum Gasteiger partial charge on any atom is 0.262 e. The Hall–Kier alpha value is -2.95. The van der Waals surface area contributed by atoms with Gasteiger partial charge < -0.3 is 5.32 Å². The molecule has 0 aromatic heterocycles. The van der Waals surface area contributed by atoms with Gasteiger partial charge in [-0.05, 0) is 36.0 Å². The molecule has 2 unspecified atom stereocenters. The third-order valence-corrected chi connectivity index (χ3v) is 5.09. The lowest BCUT2D eigenvalue weighted by Gasteiger charge is -2.27. The van der Waals surface area contributed by atoms with E-state index in [2.05, 4.69) is 5.32 Å². The van der Waals surface area contributed by atoms with Gasteiger partial charge in [0.25, 0.3) is 11.8 Å². The van der Waals surface area contributed by atoms with Crippen molar-refractivity contribution in [3.8, 4) is 0 Å². The first kappa shape index (κ1) is 19.8. The first-order valence-electron chi connectivity index (χ1n) is 9.69. The van der Waals surface area contributed by atoms with Crippen LogP contribution in [0.3, 0.4) is 0 Å². The SMILES string of the molecule is CC(C)CC(C(=O)NCC(C)c1ccccc1)N1C(=O)c2ccccc2C1=O. The first-order chi connectivity index (χ1) is 13.4. The lowest BCUT2D eigenvalue weighted by Crippen LogP contribution is -2.50. The van der Waals surface area contributed by atoms with Crippen LogP contribution < -0.4 is 5.32 Å². The van der Waals surface area contributed by atoms with Crippen LogP contribution in [0.5, 0.6) is 0 Å². The molecule has 0 radical (unpaired) electrons. The van der Waals surface area contributed by atoms with E-state index in [9.17, 15) is 14.4 Å². The molecule has 3 amide bonds. The van der Waals surface area contributed by atoms with Gasteiger partial charge in [0, 0.05) is 6.54 Å².